The largest absolute Gasteiger partial charge is 0.339 e. The summed E-state index contributed by atoms with van der Waals surface area (Å²) in [5, 5.41) is 0.893. The first kappa shape index (κ1) is 14.6. The molecule has 0 radical (unpaired) electrons. The van der Waals surface area contributed by atoms with Crippen molar-refractivity contribution >= 4 is 29.1 Å². The third-order valence-electron chi connectivity index (χ3n) is 3.72. The van der Waals surface area contributed by atoms with Gasteiger partial charge in [-0.2, -0.15) is 0 Å². The molecule has 0 atom stereocenters. The summed E-state index contributed by atoms with van der Waals surface area (Å²) in [6.07, 6.45) is 2.03. The van der Waals surface area contributed by atoms with Crippen LogP contribution in [-0.4, -0.2) is 48.9 Å². The first-order valence-electron chi connectivity index (χ1n) is 6.40. The Bertz CT molecular complexity index is 471. The molecule has 19 heavy (non-hydrogen) atoms. The van der Waals surface area contributed by atoms with Gasteiger partial charge in [0.25, 0.3) is 5.91 Å². The Morgan fingerprint density at radius 1 is 1.26 bits per heavy atom. The highest BCUT2D eigenvalue weighted by molar-refractivity contribution is 6.42. The summed E-state index contributed by atoms with van der Waals surface area (Å²) in [4.78, 5) is 16.5. The fourth-order valence-corrected chi connectivity index (χ4v) is 2.68. The highest BCUT2D eigenvalue weighted by atomic mass is 35.5. The highest BCUT2D eigenvalue weighted by Gasteiger charge is 2.24. The number of rotatable bonds is 2. The van der Waals surface area contributed by atoms with Gasteiger partial charge in [-0.1, -0.05) is 23.2 Å². The van der Waals surface area contributed by atoms with Crippen LogP contribution in [0.2, 0.25) is 10.0 Å². The predicted octanol–water partition coefficient (Wildman–Crippen LogP) is 3.16. The molecule has 1 amide bonds. The summed E-state index contributed by atoms with van der Waals surface area (Å²) in [6, 6.07) is 5.33. The molecule has 0 spiro atoms. The topological polar surface area (TPSA) is 23.6 Å². The number of nitrogens with zero attached hydrogens (tertiary/aromatic N) is 2. The summed E-state index contributed by atoms with van der Waals surface area (Å²) in [5.41, 5.74) is 0.593. The van der Waals surface area contributed by atoms with Crippen LogP contribution in [0.15, 0.2) is 18.2 Å². The van der Waals surface area contributed by atoms with Crippen molar-refractivity contribution in [3.63, 3.8) is 0 Å². The van der Waals surface area contributed by atoms with Crippen molar-refractivity contribution in [1.82, 2.24) is 9.80 Å². The van der Waals surface area contributed by atoms with E-state index in [0.717, 1.165) is 25.9 Å². The Morgan fingerprint density at radius 3 is 2.47 bits per heavy atom. The molecule has 1 aliphatic heterocycles. The zero-order valence-electron chi connectivity index (χ0n) is 11.2. The number of carbonyl (C=O) groups is 1. The molecule has 1 saturated heterocycles. The molecule has 3 nitrogen and oxygen atoms in total. The molecule has 104 valence electrons. The van der Waals surface area contributed by atoms with Gasteiger partial charge in [-0.3, -0.25) is 4.79 Å². The van der Waals surface area contributed by atoms with Crippen LogP contribution in [0.4, 0.5) is 0 Å². The molecular weight excluding hydrogens is 283 g/mol. The Balaban J connectivity index is 2.08. The maximum atomic E-state index is 12.4. The second kappa shape index (κ2) is 6.12. The van der Waals surface area contributed by atoms with Crippen LogP contribution in [0.1, 0.15) is 23.2 Å². The SMILES string of the molecule is CN1CCC(N(C)C(=O)c2ccc(Cl)c(Cl)c2)CC1. The van der Waals surface area contributed by atoms with Gasteiger partial charge in [0.05, 0.1) is 10.0 Å². The van der Waals surface area contributed by atoms with Crippen molar-refractivity contribution in [3.05, 3.63) is 33.8 Å². The predicted molar refractivity (Wildman–Crippen MR) is 79.1 cm³/mol. The molecule has 0 aliphatic carbocycles. The van der Waals surface area contributed by atoms with Gasteiger partial charge in [0.2, 0.25) is 0 Å². The van der Waals surface area contributed by atoms with Gasteiger partial charge in [-0.25, -0.2) is 0 Å². The lowest BCUT2D eigenvalue weighted by atomic mass is 10.0. The molecule has 0 unspecified atom stereocenters. The van der Waals surface area contributed by atoms with Crippen molar-refractivity contribution in [2.75, 3.05) is 27.2 Å². The average Bonchev–Trinajstić information content (AvgIpc) is 2.41. The van der Waals surface area contributed by atoms with E-state index in [0.29, 0.717) is 21.7 Å². The smallest absolute Gasteiger partial charge is 0.253 e. The summed E-state index contributed by atoms with van der Waals surface area (Å²) < 4.78 is 0. The summed E-state index contributed by atoms with van der Waals surface area (Å²) in [5.74, 6) is 0.00752. The van der Waals surface area contributed by atoms with Gasteiger partial charge < -0.3 is 9.80 Å². The zero-order chi connectivity index (χ0) is 14.0. The molecule has 0 aromatic heterocycles. The number of likely N-dealkylation sites (tertiary alicyclic amines) is 1. The molecule has 1 aromatic carbocycles. The fourth-order valence-electron chi connectivity index (χ4n) is 2.38. The monoisotopic (exact) mass is 300 g/mol. The van der Waals surface area contributed by atoms with Gasteiger partial charge in [-0.05, 0) is 51.2 Å². The van der Waals surface area contributed by atoms with E-state index in [1.807, 2.05) is 11.9 Å². The zero-order valence-corrected chi connectivity index (χ0v) is 12.7. The minimum atomic E-state index is 0.00752. The van der Waals surface area contributed by atoms with Crippen LogP contribution >= 0.6 is 23.2 Å². The van der Waals surface area contributed by atoms with Crippen molar-refractivity contribution in [2.24, 2.45) is 0 Å². The van der Waals surface area contributed by atoms with Crippen LogP contribution in [0.3, 0.4) is 0 Å². The standard InChI is InChI=1S/C14H18Cl2N2O/c1-17-7-5-11(6-8-17)18(2)14(19)10-3-4-12(15)13(16)9-10/h3-4,9,11H,5-8H2,1-2H3. The molecule has 1 fully saturated rings. The minimum Gasteiger partial charge on any atom is -0.339 e. The van der Waals surface area contributed by atoms with Crippen LogP contribution in [0.25, 0.3) is 0 Å². The van der Waals surface area contributed by atoms with E-state index in [9.17, 15) is 4.79 Å². The lowest BCUT2D eigenvalue weighted by molar-refractivity contribution is 0.0659. The maximum absolute atomic E-state index is 12.4. The second-order valence-electron chi connectivity index (χ2n) is 5.08. The van der Waals surface area contributed by atoms with Crippen molar-refractivity contribution in [3.8, 4) is 0 Å². The van der Waals surface area contributed by atoms with Gasteiger partial charge >= 0.3 is 0 Å². The number of halogens is 2. The highest BCUT2D eigenvalue weighted by Crippen LogP contribution is 2.24. The van der Waals surface area contributed by atoms with Crippen molar-refractivity contribution in [1.29, 1.82) is 0 Å². The number of amides is 1. The molecule has 1 heterocycles. The van der Waals surface area contributed by atoms with Crippen LogP contribution in [0.5, 0.6) is 0 Å². The first-order chi connectivity index (χ1) is 8.99. The van der Waals surface area contributed by atoms with Gasteiger partial charge in [-0.15, -0.1) is 0 Å². The molecular formula is C14H18Cl2N2O. The molecule has 0 N–H and O–H groups in total. The second-order valence-corrected chi connectivity index (χ2v) is 5.89. The minimum absolute atomic E-state index is 0.00752. The normalized spacial score (nSPS) is 17.5. The Morgan fingerprint density at radius 2 is 1.89 bits per heavy atom. The third-order valence-corrected chi connectivity index (χ3v) is 4.46. The number of carbonyl (C=O) groups excluding carboxylic acids is 1. The summed E-state index contributed by atoms with van der Waals surface area (Å²) in [6.45, 7) is 2.06. The van der Waals surface area contributed by atoms with Crippen LogP contribution in [0, 0.1) is 0 Å². The Kier molecular flexibility index (Phi) is 4.71. The van der Waals surface area contributed by atoms with Gasteiger partial charge in [0.1, 0.15) is 0 Å². The Labute approximate surface area is 124 Å². The maximum Gasteiger partial charge on any atom is 0.253 e. The average molecular weight is 301 g/mol. The van der Waals surface area contributed by atoms with E-state index < -0.39 is 0 Å². The first-order valence-corrected chi connectivity index (χ1v) is 7.15. The number of piperidine rings is 1. The molecule has 0 bridgehead atoms. The molecule has 0 saturated carbocycles. The quantitative estimate of drug-likeness (QED) is 0.838. The molecule has 2 rings (SSSR count). The lowest BCUT2D eigenvalue weighted by Gasteiger charge is -2.35. The Hall–Kier alpha value is -0.770. The number of hydrogen-bond donors (Lipinski definition) is 0. The van der Waals surface area contributed by atoms with E-state index in [2.05, 4.69) is 11.9 Å². The van der Waals surface area contributed by atoms with E-state index in [1.54, 1.807) is 18.2 Å². The van der Waals surface area contributed by atoms with Gasteiger partial charge in [0, 0.05) is 18.7 Å². The molecule has 1 aliphatic rings. The van der Waals surface area contributed by atoms with E-state index >= 15 is 0 Å². The summed E-state index contributed by atoms with van der Waals surface area (Å²) >= 11 is 11.8. The molecule has 1 aromatic rings. The van der Waals surface area contributed by atoms with Gasteiger partial charge in [0.15, 0.2) is 0 Å². The number of hydrogen-bond acceptors (Lipinski definition) is 2. The fraction of sp³-hybridized carbons (Fsp3) is 0.500. The lowest BCUT2D eigenvalue weighted by Crippen LogP contribution is -2.44. The van der Waals surface area contributed by atoms with Crippen LogP contribution < -0.4 is 0 Å². The van der Waals surface area contributed by atoms with Crippen molar-refractivity contribution < 1.29 is 4.79 Å². The van der Waals surface area contributed by atoms with E-state index in [4.69, 9.17) is 23.2 Å². The molecule has 5 heteroatoms. The van der Waals surface area contributed by atoms with E-state index in [1.165, 1.54) is 0 Å². The van der Waals surface area contributed by atoms with E-state index in [-0.39, 0.29) is 5.91 Å². The third kappa shape index (κ3) is 3.41. The number of benzene rings is 1. The summed E-state index contributed by atoms with van der Waals surface area (Å²) in [7, 11) is 3.97. The van der Waals surface area contributed by atoms with Crippen LogP contribution in [-0.2, 0) is 0 Å². The van der Waals surface area contributed by atoms with Crippen molar-refractivity contribution in [2.45, 2.75) is 18.9 Å².